The van der Waals surface area contributed by atoms with Gasteiger partial charge >= 0.3 is 6.09 Å². The summed E-state index contributed by atoms with van der Waals surface area (Å²) in [5.41, 5.74) is 5.90. The number of anilines is 1. The van der Waals surface area contributed by atoms with Crippen LogP contribution < -0.4 is 10.9 Å². The standard InChI is InChI=1S/C13H13N3O2S/c1-18-13(17)16-15-10-5-7-11(8-6-10)19-12-4-2-3-9-14-12/h2-9,15H,1H3,(H,16,17). The number of nitrogens with zero attached hydrogens (tertiary/aromatic N) is 1. The maximum atomic E-state index is 10.9. The lowest BCUT2D eigenvalue weighted by atomic mass is 10.3. The van der Waals surface area contributed by atoms with E-state index in [0.29, 0.717) is 0 Å². The van der Waals surface area contributed by atoms with Crippen LogP contribution in [0.2, 0.25) is 0 Å². The average molecular weight is 275 g/mol. The molecular formula is C13H13N3O2S. The van der Waals surface area contributed by atoms with Gasteiger partial charge in [-0.15, -0.1) is 0 Å². The average Bonchev–Trinajstić information content (AvgIpc) is 2.47. The molecule has 5 nitrogen and oxygen atoms in total. The van der Waals surface area contributed by atoms with Crippen LogP contribution in [-0.2, 0) is 4.74 Å². The summed E-state index contributed by atoms with van der Waals surface area (Å²) in [7, 11) is 1.31. The van der Waals surface area contributed by atoms with Gasteiger partial charge in [-0.3, -0.25) is 5.43 Å². The molecule has 0 bridgehead atoms. The number of hydrogen-bond donors (Lipinski definition) is 2. The van der Waals surface area contributed by atoms with Crippen molar-refractivity contribution in [3.05, 3.63) is 48.7 Å². The number of nitrogens with one attached hydrogen (secondary N) is 2. The molecule has 0 unspecified atom stereocenters. The van der Waals surface area contributed by atoms with Crippen LogP contribution in [0.3, 0.4) is 0 Å². The number of aromatic nitrogens is 1. The van der Waals surface area contributed by atoms with Crippen LogP contribution in [0.15, 0.2) is 58.6 Å². The Hall–Kier alpha value is -2.21. The number of hydrogen-bond acceptors (Lipinski definition) is 5. The lowest BCUT2D eigenvalue weighted by Gasteiger charge is -2.07. The highest BCUT2D eigenvalue weighted by Crippen LogP contribution is 2.26. The third-order valence-electron chi connectivity index (χ3n) is 2.21. The van der Waals surface area contributed by atoms with Gasteiger partial charge in [0.25, 0.3) is 0 Å². The van der Waals surface area contributed by atoms with E-state index in [4.69, 9.17) is 0 Å². The van der Waals surface area contributed by atoms with Crippen molar-refractivity contribution in [3.8, 4) is 0 Å². The molecule has 1 heterocycles. The van der Waals surface area contributed by atoms with Gasteiger partial charge in [-0.25, -0.2) is 15.2 Å². The summed E-state index contributed by atoms with van der Waals surface area (Å²) in [6.45, 7) is 0. The van der Waals surface area contributed by atoms with Gasteiger partial charge in [0.2, 0.25) is 0 Å². The van der Waals surface area contributed by atoms with Crippen molar-refractivity contribution in [1.29, 1.82) is 0 Å². The molecule has 2 rings (SSSR count). The Labute approximate surface area is 115 Å². The molecule has 19 heavy (non-hydrogen) atoms. The first-order valence-corrected chi connectivity index (χ1v) is 6.38. The largest absolute Gasteiger partial charge is 0.452 e. The molecular weight excluding hydrogens is 262 g/mol. The third kappa shape index (κ3) is 4.18. The number of hydrazine groups is 1. The maximum Gasteiger partial charge on any atom is 0.425 e. The second-order valence-electron chi connectivity index (χ2n) is 3.54. The topological polar surface area (TPSA) is 63.2 Å². The molecule has 0 aliphatic heterocycles. The zero-order chi connectivity index (χ0) is 13.5. The molecule has 2 aromatic rings. The molecule has 0 aliphatic rings. The summed E-state index contributed by atoms with van der Waals surface area (Å²) >= 11 is 1.57. The van der Waals surface area contributed by atoms with Crippen LogP contribution in [0.4, 0.5) is 10.5 Å². The zero-order valence-corrected chi connectivity index (χ0v) is 11.1. The number of carbonyl (C=O) groups is 1. The summed E-state index contributed by atoms with van der Waals surface area (Å²) in [4.78, 5) is 16.2. The first kappa shape index (κ1) is 13.2. The number of rotatable bonds is 4. The monoisotopic (exact) mass is 275 g/mol. The fourth-order valence-corrected chi connectivity index (χ4v) is 2.08. The number of methoxy groups -OCH3 is 1. The Kier molecular flexibility index (Phi) is 4.63. The predicted molar refractivity (Wildman–Crippen MR) is 74.0 cm³/mol. The van der Waals surface area contributed by atoms with Gasteiger partial charge in [0.05, 0.1) is 12.8 Å². The van der Waals surface area contributed by atoms with Crippen molar-refractivity contribution < 1.29 is 9.53 Å². The number of pyridine rings is 1. The molecule has 6 heteroatoms. The van der Waals surface area contributed by atoms with E-state index < -0.39 is 6.09 Å². The van der Waals surface area contributed by atoms with Gasteiger partial charge in [-0.05, 0) is 36.4 Å². The molecule has 98 valence electrons. The minimum Gasteiger partial charge on any atom is -0.452 e. The van der Waals surface area contributed by atoms with E-state index in [-0.39, 0.29) is 0 Å². The molecule has 0 saturated heterocycles. The quantitative estimate of drug-likeness (QED) is 0.840. The first-order valence-electron chi connectivity index (χ1n) is 5.57. The Morgan fingerprint density at radius 3 is 2.63 bits per heavy atom. The molecule has 0 saturated carbocycles. The molecule has 0 fully saturated rings. The molecule has 1 aromatic heterocycles. The number of ether oxygens (including phenoxy) is 1. The number of carbonyl (C=O) groups excluding carboxylic acids is 1. The van der Waals surface area contributed by atoms with Crippen molar-refractivity contribution in [2.24, 2.45) is 0 Å². The Morgan fingerprint density at radius 1 is 1.21 bits per heavy atom. The molecule has 1 aromatic carbocycles. The molecule has 2 N–H and O–H groups in total. The Morgan fingerprint density at radius 2 is 2.00 bits per heavy atom. The van der Waals surface area contributed by atoms with E-state index in [1.807, 2.05) is 42.5 Å². The van der Waals surface area contributed by atoms with Crippen molar-refractivity contribution >= 4 is 23.5 Å². The van der Waals surface area contributed by atoms with E-state index in [9.17, 15) is 4.79 Å². The first-order chi connectivity index (χ1) is 9.28. The van der Waals surface area contributed by atoms with Crippen LogP contribution in [0.5, 0.6) is 0 Å². The van der Waals surface area contributed by atoms with E-state index in [1.54, 1.807) is 18.0 Å². The van der Waals surface area contributed by atoms with Crippen molar-refractivity contribution in [3.63, 3.8) is 0 Å². The van der Waals surface area contributed by atoms with Crippen molar-refractivity contribution in [2.45, 2.75) is 9.92 Å². The number of amides is 1. The Balaban J connectivity index is 1.93. The lowest BCUT2D eigenvalue weighted by molar-refractivity contribution is 0.173. The van der Waals surface area contributed by atoms with Gasteiger partial charge in [0, 0.05) is 11.1 Å². The summed E-state index contributed by atoms with van der Waals surface area (Å²) in [6, 6.07) is 13.4. The molecule has 0 aliphatic carbocycles. The van der Waals surface area contributed by atoms with Crippen LogP contribution in [0, 0.1) is 0 Å². The van der Waals surface area contributed by atoms with Crippen LogP contribution >= 0.6 is 11.8 Å². The second-order valence-corrected chi connectivity index (χ2v) is 4.63. The SMILES string of the molecule is COC(=O)NNc1ccc(Sc2ccccn2)cc1. The molecule has 1 amide bonds. The van der Waals surface area contributed by atoms with Crippen molar-refractivity contribution in [1.82, 2.24) is 10.4 Å². The second kappa shape index (κ2) is 6.65. The van der Waals surface area contributed by atoms with Gasteiger partial charge in [0.1, 0.15) is 5.03 Å². The van der Waals surface area contributed by atoms with Crippen LogP contribution in [-0.4, -0.2) is 18.2 Å². The zero-order valence-electron chi connectivity index (χ0n) is 10.3. The lowest BCUT2D eigenvalue weighted by Crippen LogP contribution is -2.28. The minimum absolute atomic E-state index is 0.535. The smallest absolute Gasteiger partial charge is 0.425 e. The maximum absolute atomic E-state index is 10.9. The summed E-state index contributed by atoms with van der Waals surface area (Å²) < 4.78 is 4.45. The highest BCUT2D eigenvalue weighted by molar-refractivity contribution is 7.99. The fraction of sp³-hybridized carbons (Fsp3) is 0.0769. The van der Waals surface area contributed by atoms with E-state index in [2.05, 4.69) is 20.6 Å². The van der Waals surface area contributed by atoms with Gasteiger partial charge < -0.3 is 4.74 Å². The predicted octanol–water partition coefficient (Wildman–Crippen LogP) is 2.92. The van der Waals surface area contributed by atoms with Crippen LogP contribution in [0.25, 0.3) is 0 Å². The molecule has 0 atom stereocenters. The van der Waals surface area contributed by atoms with E-state index in [1.165, 1.54) is 7.11 Å². The van der Waals surface area contributed by atoms with E-state index in [0.717, 1.165) is 15.6 Å². The summed E-state index contributed by atoms with van der Waals surface area (Å²) in [5, 5.41) is 0.941. The van der Waals surface area contributed by atoms with Crippen molar-refractivity contribution in [2.75, 3.05) is 12.5 Å². The summed E-state index contributed by atoms with van der Waals surface area (Å²) in [6.07, 6.45) is 1.23. The molecule has 0 radical (unpaired) electrons. The fourth-order valence-electron chi connectivity index (χ4n) is 1.31. The van der Waals surface area contributed by atoms with Crippen LogP contribution in [0.1, 0.15) is 0 Å². The third-order valence-corrected chi connectivity index (χ3v) is 3.17. The Bertz CT molecular complexity index is 531. The highest BCUT2D eigenvalue weighted by atomic mass is 32.2. The molecule has 0 spiro atoms. The minimum atomic E-state index is -0.535. The summed E-state index contributed by atoms with van der Waals surface area (Å²) in [5.74, 6) is 0. The van der Waals surface area contributed by atoms with Gasteiger partial charge in [0.15, 0.2) is 0 Å². The normalized spacial score (nSPS) is 9.74. The highest BCUT2D eigenvalue weighted by Gasteiger charge is 2.00. The van der Waals surface area contributed by atoms with E-state index >= 15 is 0 Å². The van der Waals surface area contributed by atoms with Gasteiger partial charge in [-0.2, -0.15) is 0 Å². The van der Waals surface area contributed by atoms with Gasteiger partial charge in [-0.1, -0.05) is 17.8 Å². The number of benzene rings is 1.